The van der Waals surface area contributed by atoms with Crippen LogP contribution in [0.3, 0.4) is 0 Å². The lowest BCUT2D eigenvalue weighted by molar-refractivity contribution is 0.0697. The van der Waals surface area contributed by atoms with E-state index in [0.29, 0.717) is 11.1 Å². The second-order valence-corrected chi connectivity index (χ2v) is 5.14. The number of aliphatic hydroxyl groups is 1. The summed E-state index contributed by atoms with van der Waals surface area (Å²) < 4.78 is 0. The highest BCUT2D eigenvalue weighted by Gasteiger charge is 2.25. The zero-order valence-corrected chi connectivity index (χ0v) is 11.5. The molecule has 3 rings (SSSR count). The standard InChI is InChI=1S/C17H15NO3/c1-9-6-7-12(16(18)15(9)17(20)21)13-8-14(19)11-5-3-2-4-10(11)13/h2-8,14,19H,18H2,1H3,(H,20,21). The summed E-state index contributed by atoms with van der Waals surface area (Å²) in [5.74, 6) is -1.04. The minimum atomic E-state index is -1.04. The van der Waals surface area contributed by atoms with Gasteiger partial charge in [-0.25, -0.2) is 4.79 Å². The van der Waals surface area contributed by atoms with Gasteiger partial charge in [0.1, 0.15) is 0 Å². The number of rotatable bonds is 2. The smallest absolute Gasteiger partial charge is 0.338 e. The van der Waals surface area contributed by atoms with Crippen LogP contribution in [0.5, 0.6) is 0 Å². The molecule has 0 saturated carbocycles. The van der Waals surface area contributed by atoms with Crippen molar-refractivity contribution in [3.8, 4) is 0 Å². The fraction of sp³-hybridized carbons (Fsp3) is 0.118. The summed E-state index contributed by atoms with van der Waals surface area (Å²) in [6.07, 6.45) is 1.02. The van der Waals surface area contributed by atoms with Gasteiger partial charge in [0.2, 0.25) is 0 Å². The van der Waals surface area contributed by atoms with Gasteiger partial charge in [-0.3, -0.25) is 0 Å². The van der Waals surface area contributed by atoms with Gasteiger partial charge in [-0.2, -0.15) is 0 Å². The van der Waals surface area contributed by atoms with Crippen molar-refractivity contribution in [1.82, 2.24) is 0 Å². The van der Waals surface area contributed by atoms with Crippen LogP contribution < -0.4 is 5.73 Å². The van der Waals surface area contributed by atoms with Gasteiger partial charge in [-0.05, 0) is 35.3 Å². The number of aryl methyl sites for hydroxylation is 1. The molecule has 1 aliphatic carbocycles. The number of anilines is 1. The van der Waals surface area contributed by atoms with Crippen LogP contribution in [0.4, 0.5) is 5.69 Å². The van der Waals surface area contributed by atoms with E-state index in [0.717, 1.165) is 16.7 Å². The second kappa shape index (κ2) is 4.75. The predicted octanol–water partition coefficient (Wildman–Crippen LogP) is 2.75. The molecule has 1 aliphatic rings. The molecule has 0 radical (unpaired) electrons. The largest absolute Gasteiger partial charge is 0.478 e. The summed E-state index contributed by atoms with van der Waals surface area (Å²) in [7, 11) is 0. The molecule has 106 valence electrons. The second-order valence-electron chi connectivity index (χ2n) is 5.14. The van der Waals surface area contributed by atoms with Crippen LogP contribution in [0.2, 0.25) is 0 Å². The van der Waals surface area contributed by atoms with E-state index in [2.05, 4.69) is 0 Å². The van der Waals surface area contributed by atoms with E-state index in [1.807, 2.05) is 24.3 Å². The van der Waals surface area contributed by atoms with Gasteiger partial charge in [-0.1, -0.05) is 36.4 Å². The van der Waals surface area contributed by atoms with Crippen molar-refractivity contribution in [3.05, 3.63) is 70.3 Å². The minimum Gasteiger partial charge on any atom is -0.478 e. The number of carboxylic acid groups (broad SMARTS) is 1. The maximum absolute atomic E-state index is 11.4. The highest BCUT2D eigenvalue weighted by atomic mass is 16.4. The number of nitrogens with two attached hydrogens (primary N) is 1. The van der Waals surface area contributed by atoms with Crippen molar-refractivity contribution in [2.45, 2.75) is 13.0 Å². The lowest BCUT2D eigenvalue weighted by atomic mass is 9.93. The Morgan fingerprint density at radius 2 is 1.86 bits per heavy atom. The quantitative estimate of drug-likeness (QED) is 0.739. The van der Waals surface area contributed by atoms with E-state index in [1.165, 1.54) is 0 Å². The van der Waals surface area contributed by atoms with Gasteiger partial charge >= 0.3 is 5.97 Å². The number of carboxylic acids is 1. The van der Waals surface area contributed by atoms with E-state index in [9.17, 15) is 15.0 Å². The summed E-state index contributed by atoms with van der Waals surface area (Å²) in [5, 5.41) is 19.4. The number of aromatic carboxylic acids is 1. The van der Waals surface area contributed by atoms with Crippen molar-refractivity contribution < 1.29 is 15.0 Å². The summed E-state index contributed by atoms with van der Waals surface area (Å²) in [6.45, 7) is 1.72. The molecule has 0 fully saturated rings. The Labute approximate surface area is 122 Å². The molecule has 0 bridgehead atoms. The Balaban J connectivity index is 2.22. The summed E-state index contributed by atoms with van der Waals surface area (Å²) >= 11 is 0. The lowest BCUT2D eigenvalue weighted by Crippen LogP contribution is -2.08. The number of carbonyl (C=O) groups is 1. The molecular formula is C17H15NO3. The van der Waals surface area contributed by atoms with Gasteiger partial charge in [0.05, 0.1) is 17.4 Å². The zero-order valence-electron chi connectivity index (χ0n) is 11.5. The van der Waals surface area contributed by atoms with Crippen molar-refractivity contribution in [2.75, 3.05) is 5.73 Å². The van der Waals surface area contributed by atoms with Crippen LogP contribution in [-0.2, 0) is 0 Å². The summed E-state index contributed by atoms with van der Waals surface area (Å²) in [5.41, 5.74) is 10.1. The molecule has 2 aromatic rings. The number of nitrogen functional groups attached to an aromatic ring is 1. The summed E-state index contributed by atoms with van der Waals surface area (Å²) in [6, 6.07) is 11.0. The number of hydrogen-bond donors (Lipinski definition) is 3. The number of fused-ring (bicyclic) bond motifs is 1. The predicted molar refractivity (Wildman–Crippen MR) is 81.0 cm³/mol. The molecule has 1 atom stereocenters. The Morgan fingerprint density at radius 3 is 2.57 bits per heavy atom. The third-order valence-corrected chi connectivity index (χ3v) is 3.85. The molecular weight excluding hydrogens is 266 g/mol. The highest BCUT2D eigenvalue weighted by molar-refractivity contribution is 6.01. The SMILES string of the molecule is Cc1ccc(C2=CC(O)c3ccccc32)c(N)c1C(=O)O. The van der Waals surface area contributed by atoms with Crippen LogP contribution >= 0.6 is 0 Å². The molecule has 4 N–H and O–H groups in total. The average Bonchev–Trinajstić information content (AvgIpc) is 2.76. The van der Waals surface area contributed by atoms with Crippen LogP contribution in [0.15, 0.2) is 42.5 Å². The summed E-state index contributed by atoms with van der Waals surface area (Å²) in [4.78, 5) is 11.4. The Bertz CT molecular complexity index is 778. The van der Waals surface area contributed by atoms with Crippen LogP contribution in [-0.4, -0.2) is 16.2 Å². The van der Waals surface area contributed by atoms with Crippen molar-refractivity contribution >= 4 is 17.2 Å². The first-order valence-corrected chi connectivity index (χ1v) is 6.62. The van der Waals surface area contributed by atoms with Crippen molar-refractivity contribution in [2.24, 2.45) is 0 Å². The van der Waals surface area contributed by atoms with E-state index in [1.54, 1.807) is 25.1 Å². The first-order chi connectivity index (χ1) is 10.0. The topological polar surface area (TPSA) is 83.5 Å². The Morgan fingerprint density at radius 1 is 1.14 bits per heavy atom. The van der Waals surface area contributed by atoms with Crippen molar-refractivity contribution in [1.29, 1.82) is 0 Å². The molecule has 0 saturated heterocycles. The first-order valence-electron chi connectivity index (χ1n) is 6.62. The minimum absolute atomic E-state index is 0.118. The number of aliphatic hydroxyl groups excluding tert-OH is 1. The Kier molecular flexibility index (Phi) is 3.03. The normalized spacial score (nSPS) is 16.5. The maximum Gasteiger partial charge on any atom is 0.338 e. The van der Waals surface area contributed by atoms with Crippen LogP contribution in [0, 0.1) is 6.92 Å². The van der Waals surface area contributed by atoms with Crippen LogP contribution in [0.25, 0.3) is 5.57 Å². The number of benzene rings is 2. The van der Waals surface area contributed by atoms with Gasteiger partial charge in [0.15, 0.2) is 0 Å². The highest BCUT2D eigenvalue weighted by Crippen LogP contribution is 2.41. The van der Waals surface area contributed by atoms with Gasteiger partial charge in [0.25, 0.3) is 0 Å². The fourth-order valence-electron chi connectivity index (χ4n) is 2.82. The molecule has 0 amide bonds. The zero-order chi connectivity index (χ0) is 15.1. The van der Waals surface area contributed by atoms with Crippen molar-refractivity contribution in [3.63, 3.8) is 0 Å². The third kappa shape index (κ3) is 2.00. The third-order valence-electron chi connectivity index (χ3n) is 3.85. The van der Waals surface area contributed by atoms with E-state index in [4.69, 9.17) is 5.73 Å². The molecule has 1 unspecified atom stereocenters. The van der Waals surface area contributed by atoms with E-state index >= 15 is 0 Å². The van der Waals surface area contributed by atoms with Gasteiger partial charge < -0.3 is 15.9 Å². The molecule has 0 aromatic heterocycles. The average molecular weight is 281 g/mol. The molecule has 0 aliphatic heterocycles. The maximum atomic E-state index is 11.4. The van der Waals surface area contributed by atoms with Gasteiger partial charge in [0, 0.05) is 5.56 Å². The monoisotopic (exact) mass is 281 g/mol. The first kappa shape index (κ1) is 13.4. The molecule has 21 heavy (non-hydrogen) atoms. The lowest BCUT2D eigenvalue weighted by Gasteiger charge is -2.13. The molecule has 0 heterocycles. The Hall–Kier alpha value is -2.59. The molecule has 4 nitrogen and oxygen atoms in total. The molecule has 0 spiro atoms. The van der Waals surface area contributed by atoms with E-state index in [-0.39, 0.29) is 11.3 Å². The van der Waals surface area contributed by atoms with Crippen LogP contribution in [0.1, 0.15) is 38.7 Å². The van der Waals surface area contributed by atoms with E-state index < -0.39 is 12.1 Å². The van der Waals surface area contributed by atoms with Gasteiger partial charge in [-0.15, -0.1) is 0 Å². The number of hydrogen-bond acceptors (Lipinski definition) is 3. The molecule has 4 heteroatoms. The fourth-order valence-corrected chi connectivity index (χ4v) is 2.82. The molecule has 2 aromatic carbocycles.